The van der Waals surface area contributed by atoms with E-state index in [0.717, 1.165) is 44.1 Å². The van der Waals surface area contributed by atoms with Gasteiger partial charge in [-0.15, -0.1) is 5.75 Å². The van der Waals surface area contributed by atoms with Crippen LogP contribution >= 0.6 is 0 Å². The van der Waals surface area contributed by atoms with Crippen molar-refractivity contribution in [2.24, 2.45) is 0 Å². The van der Waals surface area contributed by atoms with E-state index in [4.69, 9.17) is 9.47 Å². The molecule has 0 saturated heterocycles. The van der Waals surface area contributed by atoms with Crippen LogP contribution in [0.3, 0.4) is 0 Å². The summed E-state index contributed by atoms with van der Waals surface area (Å²) in [4.78, 5) is -0.610. The van der Waals surface area contributed by atoms with Crippen LogP contribution in [0, 0.1) is 0 Å². The molecule has 4 aromatic rings. The van der Waals surface area contributed by atoms with Crippen LogP contribution in [0.25, 0.3) is 0 Å². The largest absolute Gasteiger partial charge is 2.00 e. The first-order chi connectivity index (χ1) is 24.8. The van der Waals surface area contributed by atoms with Crippen LogP contribution in [0.4, 0.5) is 0 Å². The summed E-state index contributed by atoms with van der Waals surface area (Å²) < 4.78 is 79.3. The number of phenolic OH excluding ortho intramolecular Hbond substituents is 1. The number of para-hydroxylation sites is 2. The Hall–Kier alpha value is -2.84. The Labute approximate surface area is 345 Å². The van der Waals surface area contributed by atoms with Crippen molar-refractivity contribution in [3.63, 3.8) is 0 Å². The molecule has 0 amide bonds. The fourth-order valence-electron chi connectivity index (χ4n) is 5.60. The molecule has 53 heavy (non-hydrogen) atoms. The predicted molar refractivity (Wildman–Crippen MR) is 205 cm³/mol. The number of benzene rings is 4. The van der Waals surface area contributed by atoms with Gasteiger partial charge in [-0.3, -0.25) is 4.55 Å². The zero-order chi connectivity index (χ0) is 38.0. The average molecular weight is 795 g/mol. The molecule has 0 aromatic heterocycles. The second-order valence-corrected chi connectivity index (χ2v) is 15.4. The smallest absolute Gasteiger partial charge is 0.872 e. The molecule has 0 fully saturated rings. The SMILES string of the molecule is CCCCCCCCc1cccc(S(=O)(=O)O)c1Oc1ccc(O)cc1.CCCCCCCCc1cccc(S(=O)(=O)[O-])c1Oc1ccc([O-])cc1.[Ca+2]. The van der Waals surface area contributed by atoms with Gasteiger partial charge in [0.2, 0.25) is 0 Å². The molecule has 0 aliphatic carbocycles. The van der Waals surface area contributed by atoms with Gasteiger partial charge in [-0.05, 0) is 85.3 Å². The fraction of sp³-hybridized carbons (Fsp3) is 0.400. The first-order valence-electron chi connectivity index (χ1n) is 17.9. The maximum absolute atomic E-state index is 11.7. The minimum Gasteiger partial charge on any atom is -0.872 e. The molecule has 0 aliphatic heterocycles. The molecule has 284 valence electrons. The fourth-order valence-corrected chi connectivity index (χ4v) is 6.90. The van der Waals surface area contributed by atoms with E-state index < -0.39 is 20.2 Å². The van der Waals surface area contributed by atoms with Gasteiger partial charge in [0.15, 0.2) is 5.75 Å². The van der Waals surface area contributed by atoms with E-state index in [1.807, 2.05) is 6.07 Å². The van der Waals surface area contributed by atoms with E-state index in [-0.39, 0.29) is 70.5 Å². The molecule has 0 saturated carbocycles. The standard InChI is InChI=1S/2C20H26O5S.Ca/c2*1-2-3-4-5-6-7-9-16-10-8-11-19(26(22,23)24)20(16)25-18-14-12-17(21)13-15-18;/h2*8,10-15,21H,2-7,9H2,1H3,(H,22,23,24);/q;;+2/p-2. The van der Waals surface area contributed by atoms with Crippen molar-refractivity contribution in [1.82, 2.24) is 0 Å². The molecule has 0 heterocycles. The quantitative estimate of drug-likeness (QED) is 0.0499. The number of rotatable bonds is 20. The zero-order valence-corrected chi connectivity index (χ0v) is 34.5. The minimum atomic E-state index is -4.66. The van der Waals surface area contributed by atoms with E-state index in [1.165, 1.54) is 87.1 Å². The predicted octanol–water partition coefficient (Wildman–Crippen LogP) is 9.31. The number of unbranched alkanes of at least 4 members (excludes halogenated alkanes) is 10. The van der Waals surface area contributed by atoms with Gasteiger partial charge in [0.05, 0.1) is 4.90 Å². The second kappa shape index (κ2) is 23.8. The zero-order valence-electron chi connectivity index (χ0n) is 30.7. The van der Waals surface area contributed by atoms with Crippen LogP contribution in [-0.4, -0.2) is 68.8 Å². The van der Waals surface area contributed by atoms with Crippen molar-refractivity contribution in [2.45, 2.75) is 114 Å². The van der Waals surface area contributed by atoms with Gasteiger partial charge in [0, 0.05) is 0 Å². The van der Waals surface area contributed by atoms with Crippen molar-refractivity contribution in [2.75, 3.05) is 0 Å². The van der Waals surface area contributed by atoms with Crippen LogP contribution < -0.4 is 14.6 Å². The van der Waals surface area contributed by atoms with Gasteiger partial charge in [0.25, 0.3) is 10.1 Å². The summed E-state index contributed by atoms with van der Waals surface area (Å²) >= 11 is 0. The molecule has 0 spiro atoms. The summed E-state index contributed by atoms with van der Waals surface area (Å²) in [6.45, 7) is 4.34. The van der Waals surface area contributed by atoms with Crippen LogP contribution in [0.2, 0.25) is 0 Å². The first-order valence-corrected chi connectivity index (χ1v) is 20.8. The van der Waals surface area contributed by atoms with Gasteiger partial charge in [-0.25, -0.2) is 8.42 Å². The Morgan fingerprint density at radius 2 is 0.962 bits per heavy atom. The third-order valence-electron chi connectivity index (χ3n) is 8.37. The summed E-state index contributed by atoms with van der Waals surface area (Å²) in [7, 11) is -9.06. The van der Waals surface area contributed by atoms with E-state index in [2.05, 4.69) is 13.8 Å². The summed E-state index contributed by atoms with van der Waals surface area (Å²) in [6.07, 6.45) is 14.7. The van der Waals surface area contributed by atoms with Crippen molar-refractivity contribution in [1.29, 1.82) is 0 Å². The van der Waals surface area contributed by atoms with Gasteiger partial charge in [-0.1, -0.05) is 114 Å². The van der Waals surface area contributed by atoms with Crippen molar-refractivity contribution in [3.05, 3.63) is 96.1 Å². The van der Waals surface area contributed by atoms with Crippen LogP contribution in [0.15, 0.2) is 94.7 Å². The molecule has 0 aliphatic rings. The molecule has 4 aromatic carbocycles. The third-order valence-corrected chi connectivity index (χ3v) is 10.1. The van der Waals surface area contributed by atoms with E-state index in [0.29, 0.717) is 29.9 Å². The number of hydrogen-bond donors (Lipinski definition) is 2. The maximum atomic E-state index is 11.7. The van der Waals surface area contributed by atoms with E-state index in [9.17, 15) is 36.2 Å². The number of aromatic hydroxyl groups is 1. The number of phenols is 1. The van der Waals surface area contributed by atoms with E-state index in [1.54, 1.807) is 30.3 Å². The maximum Gasteiger partial charge on any atom is 2.00 e. The number of ether oxygens (including phenoxy) is 2. The molecule has 0 bridgehead atoms. The molecule has 4 rings (SSSR count). The number of hydrogen-bond acceptors (Lipinski definition) is 9. The number of aryl methyl sites for hydroxylation is 2. The molecule has 13 heteroatoms. The molecule has 0 atom stereocenters. The molecular weight excluding hydrogens is 745 g/mol. The molecule has 2 N–H and O–H groups in total. The Balaban J connectivity index is 0.000000360. The van der Waals surface area contributed by atoms with Gasteiger partial charge in [0.1, 0.15) is 38.0 Å². The Morgan fingerprint density at radius 1 is 0.566 bits per heavy atom. The average Bonchev–Trinajstić information content (AvgIpc) is 3.10. The van der Waals surface area contributed by atoms with Crippen LogP contribution in [-0.2, 0) is 33.1 Å². The third kappa shape index (κ3) is 16.6. The second-order valence-electron chi connectivity index (χ2n) is 12.6. The summed E-state index contributed by atoms with van der Waals surface area (Å²) in [5.41, 5.74) is 1.42. The van der Waals surface area contributed by atoms with Gasteiger partial charge < -0.3 is 24.2 Å². The van der Waals surface area contributed by atoms with Crippen molar-refractivity contribution < 1.29 is 45.6 Å². The Bertz CT molecular complexity index is 1740. The summed E-state index contributed by atoms with van der Waals surface area (Å²) in [6, 6.07) is 20.9. The minimum absolute atomic E-state index is 0. The summed E-state index contributed by atoms with van der Waals surface area (Å²) in [5, 5.41) is 20.6. The molecule has 0 unspecified atom stereocenters. The topological polar surface area (TPSA) is 173 Å². The van der Waals surface area contributed by atoms with Gasteiger partial charge in [-0.2, -0.15) is 8.42 Å². The molecule has 0 radical (unpaired) electrons. The monoisotopic (exact) mass is 794 g/mol. The van der Waals surface area contributed by atoms with Crippen molar-refractivity contribution in [3.8, 4) is 34.5 Å². The molecule has 10 nitrogen and oxygen atoms in total. The molecular formula is C40H50CaO10S2. The van der Waals surface area contributed by atoms with Gasteiger partial charge >= 0.3 is 37.7 Å². The van der Waals surface area contributed by atoms with Crippen LogP contribution in [0.1, 0.15) is 102 Å². The Kier molecular flexibility index (Phi) is 20.8. The Morgan fingerprint density at radius 3 is 1.40 bits per heavy atom. The summed E-state index contributed by atoms with van der Waals surface area (Å²) in [5.74, 6) is 0.846. The van der Waals surface area contributed by atoms with Crippen LogP contribution in [0.5, 0.6) is 34.5 Å². The normalized spacial score (nSPS) is 11.2. The van der Waals surface area contributed by atoms with E-state index >= 15 is 0 Å². The van der Waals surface area contributed by atoms with Crippen molar-refractivity contribution >= 4 is 58.0 Å². The first kappa shape index (κ1) is 46.3.